The molecule has 1 aliphatic rings. The molecule has 5 rings (SSSR count). The van der Waals surface area contributed by atoms with Gasteiger partial charge in [-0.3, -0.25) is 9.36 Å². The van der Waals surface area contributed by atoms with E-state index in [0.717, 1.165) is 48.6 Å². The number of rotatable bonds is 6. The van der Waals surface area contributed by atoms with Gasteiger partial charge in [-0.25, -0.2) is 4.98 Å². The summed E-state index contributed by atoms with van der Waals surface area (Å²) in [5.41, 5.74) is 3.47. The average molecular weight is 457 g/mol. The second kappa shape index (κ2) is 9.52. The molecule has 174 valence electrons. The summed E-state index contributed by atoms with van der Waals surface area (Å²) in [6, 6.07) is 19.3. The maximum atomic E-state index is 12.7. The highest BCUT2D eigenvalue weighted by atomic mass is 16.5. The van der Waals surface area contributed by atoms with Crippen molar-refractivity contribution in [3.8, 4) is 5.75 Å². The van der Waals surface area contributed by atoms with Crippen LogP contribution in [0, 0.1) is 0 Å². The van der Waals surface area contributed by atoms with Crippen LogP contribution < -0.4 is 20.5 Å². The number of likely N-dealkylation sites (N-methyl/N-ethyl adjacent to an activating group) is 1. The molecule has 2 aromatic carbocycles. The largest absolute Gasteiger partial charge is 0.496 e. The van der Waals surface area contributed by atoms with E-state index in [1.54, 1.807) is 30.0 Å². The van der Waals surface area contributed by atoms with Gasteiger partial charge in [0.05, 0.1) is 13.7 Å². The van der Waals surface area contributed by atoms with E-state index in [-0.39, 0.29) is 5.56 Å². The quantitative estimate of drug-likeness (QED) is 0.477. The number of nitrogens with zero attached hydrogens (tertiary/aromatic N) is 5. The Labute approximate surface area is 198 Å². The summed E-state index contributed by atoms with van der Waals surface area (Å²) in [5, 5.41) is 4.07. The molecule has 8 heteroatoms. The van der Waals surface area contributed by atoms with E-state index in [1.165, 1.54) is 5.69 Å². The van der Waals surface area contributed by atoms with Crippen molar-refractivity contribution in [1.29, 1.82) is 0 Å². The van der Waals surface area contributed by atoms with Gasteiger partial charge >= 0.3 is 0 Å². The van der Waals surface area contributed by atoms with E-state index in [4.69, 9.17) is 4.74 Å². The molecule has 1 fully saturated rings. The minimum atomic E-state index is -0.125. The second-order valence-corrected chi connectivity index (χ2v) is 8.50. The molecule has 0 amide bonds. The number of hydrogen-bond donors (Lipinski definition) is 1. The number of pyridine rings is 1. The first-order chi connectivity index (χ1) is 16.6. The number of benzene rings is 2. The number of aromatic nitrogens is 3. The second-order valence-electron chi connectivity index (χ2n) is 8.50. The van der Waals surface area contributed by atoms with Crippen LogP contribution in [-0.2, 0) is 6.54 Å². The molecule has 34 heavy (non-hydrogen) atoms. The van der Waals surface area contributed by atoms with Crippen molar-refractivity contribution in [2.45, 2.75) is 6.54 Å². The van der Waals surface area contributed by atoms with E-state index in [0.29, 0.717) is 18.1 Å². The standard InChI is InChI=1S/C26H28N6O2/c1-30-13-15-31(16-14-30)22-10-8-21(9-11-22)28-26-27-17-19-7-12-24(33)32(25(19)29-26)18-20-5-3-4-6-23(20)34-2/h3-12,17H,13-16,18H2,1-2H3,(H,27,28,29). The van der Waals surface area contributed by atoms with E-state index in [1.807, 2.05) is 36.4 Å². The topological polar surface area (TPSA) is 75.5 Å². The first-order valence-corrected chi connectivity index (χ1v) is 11.4. The van der Waals surface area contributed by atoms with Gasteiger partial charge in [0.2, 0.25) is 5.95 Å². The molecule has 4 aromatic rings. The minimum Gasteiger partial charge on any atom is -0.496 e. The van der Waals surface area contributed by atoms with Gasteiger partial charge in [0.15, 0.2) is 0 Å². The summed E-state index contributed by atoms with van der Waals surface area (Å²) in [6.07, 6.45) is 1.74. The fourth-order valence-electron chi connectivity index (χ4n) is 4.24. The van der Waals surface area contributed by atoms with E-state index >= 15 is 0 Å². The van der Waals surface area contributed by atoms with Crippen molar-refractivity contribution in [2.24, 2.45) is 0 Å². The monoisotopic (exact) mass is 456 g/mol. The van der Waals surface area contributed by atoms with Gasteiger partial charge in [0.25, 0.3) is 5.56 Å². The number of fused-ring (bicyclic) bond motifs is 1. The highest BCUT2D eigenvalue weighted by molar-refractivity contribution is 5.76. The SMILES string of the molecule is COc1ccccc1Cn1c(=O)ccc2cnc(Nc3ccc(N4CCN(C)CC4)cc3)nc21. The molecule has 0 aliphatic carbocycles. The predicted octanol–water partition coefficient (Wildman–Crippen LogP) is 3.34. The Balaban J connectivity index is 1.40. The summed E-state index contributed by atoms with van der Waals surface area (Å²) in [4.78, 5) is 26.6. The number of piperazine rings is 1. The van der Waals surface area contributed by atoms with Gasteiger partial charge in [-0.15, -0.1) is 0 Å². The summed E-state index contributed by atoms with van der Waals surface area (Å²) >= 11 is 0. The van der Waals surface area contributed by atoms with Crippen LogP contribution in [0.25, 0.3) is 11.0 Å². The third-order valence-electron chi connectivity index (χ3n) is 6.24. The van der Waals surface area contributed by atoms with Crippen LogP contribution in [0.4, 0.5) is 17.3 Å². The molecule has 1 N–H and O–H groups in total. The lowest BCUT2D eigenvalue weighted by molar-refractivity contribution is 0.313. The van der Waals surface area contributed by atoms with Crippen LogP contribution in [0.3, 0.4) is 0 Å². The lowest BCUT2D eigenvalue weighted by atomic mass is 10.2. The smallest absolute Gasteiger partial charge is 0.252 e. The molecule has 8 nitrogen and oxygen atoms in total. The van der Waals surface area contributed by atoms with Gasteiger partial charge in [-0.1, -0.05) is 18.2 Å². The number of ether oxygens (including phenoxy) is 1. The Morgan fingerprint density at radius 3 is 2.50 bits per heavy atom. The van der Waals surface area contributed by atoms with E-state index in [9.17, 15) is 4.79 Å². The Morgan fingerprint density at radius 1 is 0.971 bits per heavy atom. The number of anilines is 3. The van der Waals surface area contributed by atoms with Crippen LogP contribution in [0.15, 0.2) is 71.7 Å². The third kappa shape index (κ3) is 4.58. The number of methoxy groups -OCH3 is 1. The van der Waals surface area contributed by atoms with Crippen molar-refractivity contribution < 1.29 is 4.74 Å². The zero-order chi connectivity index (χ0) is 23.5. The van der Waals surface area contributed by atoms with Gasteiger partial charge in [-0.05, 0) is 43.4 Å². The lowest BCUT2D eigenvalue weighted by Gasteiger charge is -2.34. The number of hydrogen-bond acceptors (Lipinski definition) is 7. The maximum absolute atomic E-state index is 12.7. The van der Waals surface area contributed by atoms with Crippen molar-refractivity contribution in [1.82, 2.24) is 19.4 Å². The molecular weight excluding hydrogens is 428 g/mol. The van der Waals surface area contributed by atoms with Crippen molar-refractivity contribution in [3.05, 3.63) is 82.8 Å². The Kier molecular flexibility index (Phi) is 6.14. The van der Waals surface area contributed by atoms with Crippen LogP contribution in [0.1, 0.15) is 5.56 Å². The zero-order valence-electron chi connectivity index (χ0n) is 19.4. The first kappa shape index (κ1) is 21.9. The van der Waals surface area contributed by atoms with E-state index < -0.39 is 0 Å². The lowest BCUT2D eigenvalue weighted by Crippen LogP contribution is -2.44. The van der Waals surface area contributed by atoms with Crippen LogP contribution in [-0.4, -0.2) is 59.8 Å². The van der Waals surface area contributed by atoms with Gasteiger partial charge in [-0.2, -0.15) is 4.98 Å². The minimum absolute atomic E-state index is 0.125. The summed E-state index contributed by atoms with van der Waals surface area (Å²) < 4.78 is 7.11. The van der Waals surface area contributed by atoms with Gasteiger partial charge in [0, 0.05) is 60.8 Å². The molecule has 3 heterocycles. The van der Waals surface area contributed by atoms with E-state index in [2.05, 4.69) is 44.3 Å². The van der Waals surface area contributed by atoms with Crippen LogP contribution in [0.2, 0.25) is 0 Å². The average Bonchev–Trinajstić information content (AvgIpc) is 2.87. The first-order valence-electron chi connectivity index (χ1n) is 11.4. The van der Waals surface area contributed by atoms with Crippen LogP contribution >= 0.6 is 0 Å². The molecule has 0 bridgehead atoms. The molecule has 1 saturated heterocycles. The van der Waals surface area contributed by atoms with Crippen molar-refractivity contribution in [2.75, 3.05) is 50.6 Å². The number of nitrogens with one attached hydrogen (secondary N) is 1. The summed E-state index contributed by atoms with van der Waals surface area (Å²) in [5.74, 6) is 1.18. The van der Waals surface area contributed by atoms with Crippen molar-refractivity contribution in [3.63, 3.8) is 0 Å². The Hall–Kier alpha value is -3.91. The Morgan fingerprint density at radius 2 is 1.74 bits per heavy atom. The molecule has 0 unspecified atom stereocenters. The normalized spacial score (nSPS) is 14.4. The van der Waals surface area contributed by atoms with Crippen LogP contribution in [0.5, 0.6) is 5.75 Å². The summed E-state index contributed by atoms with van der Waals surface area (Å²) in [7, 11) is 3.79. The third-order valence-corrected chi connectivity index (χ3v) is 6.24. The molecule has 0 radical (unpaired) electrons. The van der Waals surface area contributed by atoms with Crippen molar-refractivity contribution >= 4 is 28.4 Å². The highest BCUT2D eigenvalue weighted by Gasteiger charge is 2.14. The zero-order valence-corrected chi connectivity index (χ0v) is 19.4. The molecule has 0 spiro atoms. The molecule has 1 aliphatic heterocycles. The Bertz CT molecular complexity index is 1340. The fourth-order valence-corrected chi connectivity index (χ4v) is 4.24. The van der Waals surface area contributed by atoms with Gasteiger partial charge < -0.3 is 19.9 Å². The predicted molar refractivity (Wildman–Crippen MR) is 135 cm³/mol. The van der Waals surface area contributed by atoms with Gasteiger partial charge in [0.1, 0.15) is 11.4 Å². The number of para-hydroxylation sites is 1. The molecule has 0 atom stereocenters. The fraction of sp³-hybridized carbons (Fsp3) is 0.269. The molecule has 2 aromatic heterocycles. The molecule has 0 saturated carbocycles. The maximum Gasteiger partial charge on any atom is 0.252 e. The molecular formula is C26H28N6O2. The summed E-state index contributed by atoms with van der Waals surface area (Å²) in [6.45, 7) is 4.56. The highest BCUT2D eigenvalue weighted by Crippen LogP contribution is 2.23.